The van der Waals surface area contributed by atoms with Crippen molar-refractivity contribution in [2.24, 2.45) is 0 Å². The first-order valence-corrected chi connectivity index (χ1v) is 5.90. The second-order valence-corrected chi connectivity index (χ2v) is 4.39. The standard InChI is InChI=1S/C13H18N2O2/c1-17-12-7-10(6-11(14)8-12)9-15-5-3-2-4-13(15)16/h6-8H,2-5,9,14H2,1H3. The molecule has 2 rings (SSSR count). The van der Waals surface area contributed by atoms with Crippen molar-refractivity contribution in [3.05, 3.63) is 23.8 Å². The highest BCUT2D eigenvalue weighted by molar-refractivity contribution is 5.76. The molecular formula is C13H18N2O2. The van der Waals surface area contributed by atoms with Gasteiger partial charge in [0.25, 0.3) is 0 Å². The Bertz CT molecular complexity index is 418. The summed E-state index contributed by atoms with van der Waals surface area (Å²) >= 11 is 0. The van der Waals surface area contributed by atoms with E-state index in [1.54, 1.807) is 13.2 Å². The molecule has 1 amide bonds. The smallest absolute Gasteiger partial charge is 0.222 e. The van der Waals surface area contributed by atoms with Crippen molar-refractivity contribution >= 4 is 11.6 Å². The zero-order valence-electron chi connectivity index (χ0n) is 10.1. The van der Waals surface area contributed by atoms with Gasteiger partial charge in [-0.3, -0.25) is 4.79 Å². The Balaban J connectivity index is 2.11. The number of methoxy groups -OCH3 is 1. The van der Waals surface area contributed by atoms with Gasteiger partial charge < -0.3 is 15.4 Å². The molecular weight excluding hydrogens is 216 g/mol. The Morgan fingerprint density at radius 1 is 1.35 bits per heavy atom. The fraction of sp³-hybridized carbons (Fsp3) is 0.462. The lowest BCUT2D eigenvalue weighted by molar-refractivity contribution is -0.133. The number of carbonyl (C=O) groups is 1. The third kappa shape index (κ3) is 2.90. The molecule has 1 aromatic carbocycles. The maximum atomic E-state index is 11.7. The number of carbonyl (C=O) groups excluding carboxylic acids is 1. The van der Waals surface area contributed by atoms with Gasteiger partial charge in [0.05, 0.1) is 7.11 Å². The molecule has 1 heterocycles. The number of anilines is 1. The second kappa shape index (κ2) is 5.08. The number of benzene rings is 1. The van der Waals surface area contributed by atoms with Crippen LogP contribution >= 0.6 is 0 Å². The number of nitrogens with zero attached hydrogens (tertiary/aromatic N) is 1. The van der Waals surface area contributed by atoms with E-state index in [1.165, 1.54) is 0 Å². The second-order valence-electron chi connectivity index (χ2n) is 4.39. The van der Waals surface area contributed by atoms with Gasteiger partial charge in [-0.1, -0.05) is 0 Å². The van der Waals surface area contributed by atoms with Crippen molar-refractivity contribution in [3.8, 4) is 5.75 Å². The van der Waals surface area contributed by atoms with Crippen molar-refractivity contribution in [1.82, 2.24) is 4.90 Å². The number of nitrogen functional groups attached to an aromatic ring is 1. The van der Waals surface area contributed by atoms with Gasteiger partial charge in [0.1, 0.15) is 5.75 Å². The summed E-state index contributed by atoms with van der Waals surface area (Å²) in [6.07, 6.45) is 2.76. The number of amides is 1. The lowest BCUT2D eigenvalue weighted by atomic mass is 10.1. The van der Waals surface area contributed by atoms with E-state index in [1.807, 2.05) is 17.0 Å². The largest absolute Gasteiger partial charge is 0.497 e. The van der Waals surface area contributed by atoms with Crippen LogP contribution in [0.2, 0.25) is 0 Å². The lowest BCUT2D eigenvalue weighted by Gasteiger charge is -2.27. The zero-order chi connectivity index (χ0) is 12.3. The predicted molar refractivity (Wildman–Crippen MR) is 66.7 cm³/mol. The van der Waals surface area contributed by atoms with E-state index in [0.717, 1.165) is 30.7 Å². The molecule has 1 saturated heterocycles. The Kier molecular flexibility index (Phi) is 3.52. The van der Waals surface area contributed by atoms with Crippen LogP contribution in [-0.2, 0) is 11.3 Å². The molecule has 0 aromatic heterocycles. The quantitative estimate of drug-likeness (QED) is 0.811. The Morgan fingerprint density at radius 2 is 2.18 bits per heavy atom. The fourth-order valence-electron chi connectivity index (χ4n) is 2.14. The summed E-state index contributed by atoms with van der Waals surface area (Å²) in [7, 11) is 1.62. The first-order chi connectivity index (χ1) is 8.19. The number of hydrogen-bond donors (Lipinski definition) is 1. The summed E-state index contributed by atoms with van der Waals surface area (Å²) in [4.78, 5) is 13.6. The minimum atomic E-state index is 0.234. The average Bonchev–Trinajstić information content (AvgIpc) is 2.31. The van der Waals surface area contributed by atoms with E-state index in [-0.39, 0.29) is 5.91 Å². The molecule has 2 N–H and O–H groups in total. The molecule has 4 nitrogen and oxygen atoms in total. The van der Waals surface area contributed by atoms with Crippen molar-refractivity contribution in [2.45, 2.75) is 25.8 Å². The average molecular weight is 234 g/mol. The van der Waals surface area contributed by atoms with E-state index in [0.29, 0.717) is 18.7 Å². The Morgan fingerprint density at radius 3 is 2.88 bits per heavy atom. The third-order valence-corrected chi connectivity index (χ3v) is 3.02. The van der Waals surface area contributed by atoms with E-state index in [2.05, 4.69) is 0 Å². The number of ether oxygens (including phenoxy) is 1. The van der Waals surface area contributed by atoms with Crippen LogP contribution in [-0.4, -0.2) is 24.5 Å². The molecule has 92 valence electrons. The third-order valence-electron chi connectivity index (χ3n) is 3.02. The molecule has 0 spiro atoms. The summed E-state index contributed by atoms with van der Waals surface area (Å²) in [6.45, 7) is 1.47. The van der Waals surface area contributed by atoms with Gasteiger partial charge in [-0.15, -0.1) is 0 Å². The zero-order valence-corrected chi connectivity index (χ0v) is 10.1. The van der Waals surface area contributed by atoms with Crippen LogP contribution in [0.15, 0.2) is 18.2 Å². The number of piperidine rings is 1. The fourth-order valence-corrected chi connectivity index (χ4v) is 2.14. The highest BCUT2D eigenvalue weighted by Gasteiger charge is 2.18. The van der Waals surface area contributed by atoms with Gasteiger partial charge in [0.2, 0.25) is 5.91 Å². The topological polar surface area (TPSA) is 55.6 Å². The lowest BCUT2D eigenvalue weighted by Crippen LogP contribution is -2.34. The van der Waals surface area contributed by atoms with E-state index >= 15 is 0 Å². The summed E-state index contributed by atoms with van der Waals surface area (Å²) in [6, 6.07) is 5.60. The molecule has 4 heteroatoms. The minimum absolute atomic E-state index is 0.234. The molecule has 0 saturated carbocycles. The van der Waals surface area contributed by atoms with E-state index < -0.39 is 0 Å². The summed E-state index contributed by atoms with van der Waals surface area (Å²) < 4.78 is 5.17. The Hall–Kier alpha value is -1.71. The summed E-state index contributed by atoms with van der Waals surface area (Å²) in [5.41, 5.74) is 7.49. The molecule has 0 unspecified atom stereocenters. The highest BCUT2D eigenvalue weighted by Crippen LogP contribution is 2.21. The molecule has 1 aromatic rings. The van der Waals surface area contributed by atoms with E-state index in [9.17, 15) is 4.79 Å². The van der Waals surface area contributed by atoms with Gasteiger partial charge in [-0.25, -0.2) is 0 Å². The van der Waals surface area contributed by atoms with Crippen LogP contribution in [0.25, 0.3) is 0 Å². The molecule has 0 aliphatic carbocycles. The predicted octanol–water partition coefficient (Wildman–Crippen LogP) is 1.79. The summed E-state index contributed by atoms with van der Waals surface area (Å²) in [5, 5.41) is 0. The maximum absolute atomic E-state index is 11.7. The first kappa shape index (κ1) is 11.8. The molecule has 1 aliphatic rings. The molecule has 0 atom stereocenters. The van der Waals surface area contributed by atoms with Crippen LogP contribution in [0.5, 0.6) is 5.75 Å². The van der Waals surface area contributed by atoms with E-state index in [4.69, 9.17) is 10.5 Å². The Labute approximate surface area is 101 Å². The SMILES string of the molecule is COc1cc(N)cc(CN2CCCCC2=O)c1. The maximum Gasteiger partial charge on any atom is 0.222 e. The number of nitrogens with two attached hydrogens (primary N) is 1. The monoisotopic (exact) mass is 234 g/mol. The van der Waals surface area contributed by atoms with Crippen molar-refractivity contribution < 1.29 is 9.53 Å². The molecule has 1 aliphatic heterocycles. The molecule has 1 fully saturated rings. The van der Waals surface area contributed by atoms with Gasteiger partial charge in [-0.2, -0.15) is 0 Å². The molecule has 0 radical (unpaired) electrons. The number of rotatable bonds is 3. The van der Waals surface area contributed by atoms with Gasteiger partial charge in [-0.05, 0) is 30.5 Å². The molecule has 0 bridgehead atoms. The highest BCUT2D eigenvalue weighted by atomic mass is 16.5. The van der Waals surface area contributed by atoms with Crippen molar-refractivity contribution in [3.63, 3.8) is 0 Å². The van der Waals surface area contributed by atoms with Crippen LogP contribution in [0.4, 0.5) is 5.69 Å². The van der Waals surface area contributed by atoms with Crippen molar-refractivity contribution in [1.29, 1.82) is 0 Å². The number of hydrogen-bond acceptors (Lipinski definition) is 3. The summed E-state index contributed by atoms with van der Waals surface area (Å²) in [5.74, 6) is 0.974. The van der Waals surface area contributed by atoms with Crippen LogP contribution in [0.3, 0.4) is 0 Å². The van der Waals surface area contributed by atoms with Crippen LogP contribution in [0, 0.1) is 0 Å². The van der Waals surface area contributed by atoms with Crippen LogP contribution < -0.4 is 10.5 Å². The van der Waals surface area contributed by atoms with Gasteiger partial charge in [0, 0.05) is 31.3 Å². The molecule has 17 heavy (non-hydrogen) atoms. The van der Waals surface area contributed by atoms with Crippen LogP contribution in [0.1, 0.15) is 24.8 Å². The van der Waals surface area contributed by atoms with Crippen molar-refractivity contribution in [2.75, 3.05) is 19.4 Å². The minimum Gasteiger partial charge on any atom is -0.497 e. The van der Waals surface area contributed by atoms with Gasteiger partial charge in [0.15, 0.2) is 0 Å². The number of likely N-dealkylation sites (tertiary alicyclic amines) is 1. The van der Waals surface area contributed by atoms with Gasteiger partial charge >= 0.3 is 0 Å². The normalized spacial score (nSPS) is 16.1. The first-order valence-electron chi connectivity index (χ1n) is 5.90.